The van der Waals surface area contributed by atoms with Gasteiger partial charge in [-0.3, -0.25) is 14.7 Å². The van der Waals surface area contributed by atoms with Gasteiger partial charge in [0.25, 0.3) is 5.91 Å². The number of likely N-dealkylation sites (tertiary alicyclic amines) is 2. The summed E-state index contributed by atoms with van der Waals surface area (Å²) < 4.78 is 64.1. The average molecular weight is 771 g/mol. The number of likely N-dealkylation sites (N-methyl/N-ethyl adjacent to an activating group) is 1. The van der Waals surface area contributed by atoms with Gasteiger partial charge in [-0.15, -0.1) is 6.42 Å². The second kappa shape index (κ2) is 18.8. The van der Waals surface area contributed by atoms with E-state index in [0.29, 0.717) is 53.1 Å². The lowest BCUT2D eigenvalue weighted by Gasteiger charge is -2.30. The van der Waals surface area contributed by atoms with Crippen molar-refractivity contribution in [2.75, 3.05) is 44.7 Å². The van der Waals surface area contributed by atoms with Crippen molar-refractivity contribution in [1.82, 2.24) is 24.8 Å². The van der Waals surface area contributed by atoms with Gasteiger partial charge in [0, 0.05) is 68.2 Å². The van der Waals surface area contributed by atoms with Crippen LogP contribution in [0.5, 0.6) is 6.01 Å². The van der Waals surface area contributed by atoms with E-state index in [1.54, 1.807) is 37.3 Å². The number of halogens is 4. The normalized spacial score (nSPS) is 19.0. The van der Waals surface area contributed by atoms with Gasteiger partial charge in [0.1, 0.15) is 29.0 Å². The fourth-order valence-corrected chi connectivity index (χ4v) is 7.41. The first-order valence-electron chi connectivity index (χ1n) is 18.6. The highest BCUT2D eigenvalue weighted by Gasteiger charge is 2.34. The molecular formula is C42H46F4N8O2. The summed E-state index contributed by atoms with van der Waals surface area (Å²) in [6.45, 7) is 13.7. The topological polar surface area (TPSA) is 99.4 Å². The van der Waals surface area contributed by atoms with Crippen LogP contribution < -0.4 is 9.64 Å². The van der Waals surface area contributed by atoms with E-state index in [1.165, 1.54) is 30.3 Å². The lowest BCUT2D eigenvalue weighted by atomic mass is 9.96. The Hall–Kier alpha value is -5.68. The summed E-state index contributed by atoms with van der Waals surface area (Å²) in [6, 6.07) is 8.07. The Morgan fingerprint density at radius 3 is 2.61 bits per heavy atom. The molecule has 2 fully saturated rings. The number of nitrogens with zero attached hydrogens (tertiary/aromatic N) is 8. The molecule has 4 heterocycles. The van der Waals surface area contributed by atoms with E-state index in [4.69, 9.17) is 11.2 Å². The molecule has 2 aromatic carbocycles. The lowest BCUT2D eigenvalue weighted by Crippen LogP contribution is -2.39. The smallest absolute Gasteiger partial charge is 0.318 e. The van der Waals surface area contributed by atoms with E-state index in [-0.39, 0.29) is 47.6 Å². The quantitative estimate of drug-likeness (QED) is 0.0504. The molecule has 2 aromatic heterocycles. The van der Waals surface area contributed by atoms with Crippen LogP contribution in [0.15, 0.2) is 70.8 Å². The van der Waals surface area contributed by atoms with E-state index >= 15 is 4.39 Å². The Morgan fingerprint density at radius 2 is 1.96 bits per heavy atom. The zero-order valence-electron chi connectivity index (χ0n) is 32.3. The number of aromatic nitrogens is 3. The van der Waals surface area contributed by atoms with Crippen molar-refractivity contribution >= 4 is 45.8 Å². The van der Waals surface area contributed by atoms with Crippen LogP contribution in [0.3, 0.4) is 0 Å². The number of hydrogen-bond acceptors (Lipinski definition) is 9. The first-order chi connectivity index (χ1) is 27.0. The standard InChI is InChI=1S/C34H30F3N7O2.C8H16FN/c1-6-10-21(42-38-4)17-27(36)33(45)43-16-15-22(19-43)44(8-3)32-25-18-39-30(29(37)31(25)40-34(41-32)46-5)24-12-9-11-20-13-14-26(35)23(7-2)28(20)24;1-3-8-5-7(9)6-10(8)4-2/h2,6,9-14,17-18,22H,4,8,15-16,19H2,1,3,5H3;7-8H,3-6H2,1-2H3/b10-6-,27-17-,42-21+;. The number of benzene rings is 2. The van der Waals surface area contributed by atoms with Gasteiger partial charge in [0.2, 0.25) is 0 Å². The van der Waals surface area contributed by atoms with Crippen LogP contribution in [0.4, 0.5) is 23.4 Å². The van der Waals surface area contributed by atoms with E-state index in [1.807, 2.05) is 11.8 Å². The summed E-state index contributed by atoms with van der Waals surface area (Å²) in [7, 11) is 1.37. The fourth-order valence-electron chi connectivity index (χ4n) is 7.41. The molecule has 0 spiro atoms. The van der Waals surface area contributed by atoms with Crippen molar-refractivity contribution in [3.05, 3.63) is 77.8 Å². The van der Waals surface area contributed by atoms with Crippen LogP contribution >= 0.6 is 0 Å². The maximum absolute atomic E-state index is 16.4. The molecule has 0 N–H and O–H groups in total. The molecule has 0 radical (unpaired) electrons. The van der Waals surface area contributed by atoms with Gasteiger partial charge in [-0.05, 0) is 57.2 Å². The number of anilines is 1. The van der Waals surface area contributed by atoms with E-state index < -0.39 is 29.5 Å². The summed E-state index contributed by atoms with van der Waals surface area (Å²) in [5.41, 5.74) is 0.325. The summed E-state index contributed by atoms with van der Waals surface area (Å²) in [5.74, 6) is -0.433. The fraction of sp³-hybridized carbons (Fsp3) is 0.381. The third kappa shape index (κ3) is 8.73. The van der Waals surface area contributed by atoms with Gasteiger partial charge < -0.3 is 14.5 Å². The summed E-state index contributed by atoms with van der Waals surface area (Å²) in [5, 5.41) is 8.41. The molecule has 294 valence electrons. The van der Waals surface area contributed by atoms with Gasteiger partial charge in [-0.25, -0.2) is 17.6 Å². The SMILES string of the molecule is C#Cc1c(F)ccc2cccc(-c3ncc4c(N(CC)C5CCN(C(=O)/C(F)=C/C(/C=C\C)=N/N=C)C5)nc(OC)nc4c3F)c12.CCC1CC(F)CN1CC. The number of pyridine rings is 1. The molecule has 0 saturated carbocycles. The van der Waals surface area contributed by atoms with E-state index in [9.17, 15) is 18.0 Å². The Morgan fingerprint density at radius 1 is 1.18 bits per heavy atom. The van der Waals surface area contributed by atoms with Crippen LogP contribution in [-0.4, -0.2) is 101 Å². The third-order valence-corrected chi connectivity index (χ3v) is 10.1. The molecule has 1 amide bonds. The van der Waals surface area contributed by atoms with E-state index in [0.717, 1.165) is 25.5 Å². The number of carbonyl (C=O) groups is 1. The molecule has 3 atom stereocenters. The molecule has 14 heteroatoms. The monoisotopic (exact) mass is 770 g/mol. The second-order valence-corrected chi connectivity index (χ2v) is 13.3. The van der Waals surface area contributed by atoms with Gasteiger partial charge in [0.05, 0.1) is 23.8 Å². The minimum absolute atomic E-state index is 0.00170. The van der Waals surface area contributed by atoms with Crippen molar-refractivity contribution in [3.63, 3.8) is 0 Å². The molecule has 10 nitrogen and oxygen atoms in total. The number of hydrogen-bond donors (Lipinski definition) is 0. The number of methoxy groups -OCH3 is 1. The molecule has 2 saturated heterocycles. The molecular weight excluding hydrogens is 725 g/mol. The highest BCUT2D eigenvalue weighted by molar-refractivity contribution is 6.08. The van der Waals surface area contributed by atoms with Crippen LogP contribution in [-0.2, 0) is 4.79 Å². The highest BCUT2D eigenvalue weighted by Crippen LogP contribution is 2.37. The Balaban J connectivity index is 0.000000522. The van der Waals surface area contributed by atoms with Crippen molar-refractivity contribution in [3.8, 4) is 29.6 Å². The van der Waals surface area contributed by atoms with Gasteiger partial charge >= 0.3 is 6.01 Å². The summed E-state index contributed by atoms with van der Waals surface area (Å²) >= 11 is 0. The molecule has 0 bridgehead atoms. The number of carbonyl (C=O) groups excluding carboxylic acids is 1. The largest absolute Gasteiger partial charge is 0.467 e. The predicted octanol–water partition coefficient (Wildman–Crippen LogP) is 7.86. The molecule has 2 aliphatic heterocycles. The van der Waals surface area contributed by atoms with Crippen molar-refractivity contribution in [2.45, 2.75) is 65.2 Å². The van der Waals surface area contributed by atoms with Crippen LogP contribution in [0.25, 0.3) is 32.9 Å². The van der Waals surface area contributed by atoms with Crippen LogP contribution in [0.2, 0.25) is 0 Å². The van der Waals surface area contributed by atoms with Gasteiger partial charge in [0.15, 0.2) is 11.6 Å². The van der Waals surface area contributed by atoms with Gasteiger partial charge in [-0.1, -0.05) is 50.1 Å². The molecule has 2 aliphatic rings. The van der Waals surface area contributed by atoms with Crippen LogP contribution in [0, 0.1) is 24.0 Å². The van der Waals surface area contributed by atoms with Crippen LogP contribution in [0.1, 0.15) is 52.5 Å². The number of amides is 1. The number of ether oxygens (including phenoxy) is 1. The summed E-state index contributed by atoms with van der Waals surface area (Å²) in [6.07, 6.45) is 13.0. The first-order valence-corrected chi connectivity index (χ1v) is 18.6. The van der Waals surface area contributed by atoms with Gasteiger partial charge in [-0.2, -0.15) is 20.2 Å². The molecule has 6 rings (SSSR count). The second-order valence-electron chi connectivity index (χ2n) is 13.3. The number of alkyl halides is 1. The predicted molar refractivity (Wildman–Crippen MR) is 215 cm³/mol. The highest BCUT2D eigenvalue weighted by atomic mass is 19.1. The van der Waals surface area contributed by atoms with Crippen molar-refractivity contribution < 1.29 is 27.1 Å². The Kier molecular flexibility index (Phi) is 13.9. The Bertz CT molecular complexity index is 2210. The zero-order chi connectivity index (χ0) is 40.5. The number of terminal acetylenes is 1. The molecule has 56 heavy (non-hydrogen) atoms. The number of rotatable bonds is 11. The minimum Gasteiger partial charge on any atom is -0.467 e. The van der Waals surface area contributed by atoms with E-state index in [2.05, 4.69) is 56.5 Å². The lowest BCUT2D eigenvalue weighted by molar-refractivity contribution is -0.127. The van der Waals surface area contributed by atoms with Crippen molar-refractivity contribution in [2.24, 2.45) is 10.2 Å². The molecule has 4 aromatic rings. The summed E-state index contributed by atoms with van der Waals surface area (Å²) in [4.78, 5) is 31.8. The maximum Gasteiger partial charge on any atom is 0.318 e. The zero-order valence-corrected chi connectivity index (χ0v) is 32.3. The molecule has 3 unspecified atom stereocenters. The maximum atomic E-state index is 16.4. The minimum atomic E-state index is -0.988. The third-order valence-electron chi connectivity index (χ3n) is 10.1. The number of allylic oxidation sites excluding steroid dienone is 3. The number of fused-ring (bicyclic) bond motifs is 2. The average Bonchev–Trinajstić information content (AvgIpc) is 3.84. The Labute approximate surface area is 324 Å². The van der Waals surface area contributed by atoms with Crippen molar-refractivity contribution in [1.29, 1.82) is 0 Å². The first kappa shape index (κ1) is 41.5. The molecule has 0 aliphatic carbocycles.